The van der Waals surface area contributed by atoms with E-state index >= 15 is 0 Å². The van der Waals surface area contributed by atoms with Gasteiger partial charge in [0.25, 0.3) is 5.24 Å². The molecule has 0 atom stereocenters. The summed E-state index contributed by atoms with van der Waals surface area (Å²) in [4.78, 5) is 48.7. The van der Waals surface area contributed by atoms with Gasteiger partial charge in [0.2, 0.25) is 5.91 Å². The van der Waals surface area contributed by atoms with Crippen LogP contribution in [0.5, 0.6) is 0 Å². The van der Waals surface area contributed by atoms with Crippen LogP contribution in [-0.4, -0.2) is 79.0 Å². The van der Waals surface area contributed by atoms with Crippen molar-refractivity contribution in [2.45, 2.75) is 6.42 Å². The van der Waals surface area contributed by atoms with Crippen LogP contribution in [0.2, 0.25) is 0 Å². The van der Waals surface area contributed by atoms with Crippen molar-refractivity contribution in [1.29, 1.82) is 0 Å². The molecule has 0 bridgehead atoms. The highest BCUT2D eigenvalue weighted by molar-refractivity contribution is 8.13. The van der Waals surface area contributed by atoms with E-state index in [0.717, 1.165) is 4.90 Å². The van der Waals surface area contributed by atoms with Crippen LogP contribution in [0.4, 0.5) is 4.79 Å². The van der Waals surface area contributed by atoms with Gasteiger partial charge in [-0.25, -0.2) is 0 Å². The predicted octanol–water partition coefficient (Wildman–Crippen LogP) is -0.280. The fourth-order valence-electron chi connectivity index (χ4n) is 1.69. The Hall–Kier alpha value is -1.77. The van der Waals surface area contributed by atoms with Crippen molar-refractivity contribution in [1.82, 2.24) is 9.80 Å². The third-order valence-corrected chi connectivity index (χ3v) is 3.78. The number of carbonyl (C=O) groups is 4. The van der Waals surface area contributed by atoms with Crippen molar-refractivity contribution in [2.75, 3.05) is 46.2 Å². The molecule has 0 aromatic heterocycles. The minimum Gasteiger partial charge on any atom is -0.468 e. The third-order valence-electron chi connectivity index (χ3n) is 2.89. The zero-order chi connectivity index (χ0) is 15.8. The Kier molecular flexibility index (Phi) is 7.00. The summed E-state index contributed by atoms with van der Waals surface area (Å²) in [5.74, 6) is -0.947. The number of esters is 2. The molecule has 0 spiro atoms. The molecule has 0 N–H and O–H groups in total. The minimum atomic E-state index is -0.625. The van der Waals surface area contributed by atoms with Gasteiger partial charge >= 0.3 is 11.9 Å². The number of hydrogen-bond acceptors (Lipinski definition) is 7. The quantitative estimate of drug-likeness (QED) is 0.596. The average molecular weight is 318 g/mol. The van der Waals surface area contributed by atoms with Crippen molar-refractivity contribution in [3.05, 3.63) is 0 Å². The summed E-state index contributed by atoms with van der Waals surface area (Å²) in [6, 6.07) is 0. The van der Waals surface area contributed by atoms with Crippen LogP contribution >= 0.6 is 11.8 Å². The molecule has 1 heterocycles. The second kappa shape index (κ2) is 8.50. The number of amides is 2. The summed E-state index contributed by atoms with van der Waals surface area (Å²) in [5.41, 5.74) is 0. The van der Waals surface area contributed by atoms with E-state index in [1.54, 1.807) is 4.90 Å². The van der Waals surface area contributed by atoms with E-state index in [2.05, 4.69) is 9.47 Å². The van der Waals surface area contributed by atoms with Gasteiger partial charge in [-0.2, -0.15) is 0 Å². The molecule has 2 amide bonds. The first-order chi connectivity index (χ1) is 9.97. The van der Waals surface area contributed by atoms with Gasteiger partial charge in [-0.3, -0.25) is 19.2 Å². The van der Waals surface area contributed by atoms with Crippen molar-refractivity contribution in [2.24, 2.45) is 0 Å². The normalized spacial score (nSPS) is 14.0. The fourth-order valence-corrected chi connectivity index (χ4v) is 2.54. The summed E-state index contributed by atoms with van der Waals surface area (Å²) in [6.45, 7) is 0.217. The molecule has 0 aliphatic carbocycles. The largest absolute Gasteiger partial charge is 0.468 e. The first kappa shape index (κ1) is 17.3. The summed E-state index contributed by atoms with van der Waals surface area (Å²) in [6.07, 6.45) is 0.0420. The summed E-state index contributed by atoms with van der Waals surface area (Å²) in [7, 11) is 2.40. The van der Waals surface area contributed by atoms with Gasteiger partial charge < -0.3 is 19.3 Å². The van der Waals surface area contributed by atoms with Crippen LogP contribution < -0.4 is 0 Å². The van der Waals surface area contributed by atoms with Crippen LogP contribution in [0.3, 0.4) is 0 Å². The van der Waals surface area contributed by atoms with Gasteiger partial charge in [0.1, 0.15) is 13.1 Å². The lowest BCUT2D eigenvalue weighted by Gasteiger charge is -2.21. The summed E-state index contributed by atoms with van der Waals surface area (Å²) in [5, 5.41) is -0.0599. The zero-order valence-corrected chi connectivity index (χ0v) is 12.8. The summed E-state index contributed by atoms with van der Waals surface area (Å²) >= 11 is 1.21. The van der Waals surface area contributed by atoms with Crippen molar-refractivity contribution >= 4 is 34.8 Å². The Balaban J connectivity index is 2.54. The van der Waals surface area contributed by atoms with E-state index in [4.69, 9.17) is 0 Å². The number of ether oxygens (including phenoxy) is 2. The number of methoxy groups -OCH3 is 2. The van der Waals surface area contributed by atoms with Gasteiger partial charge in [-0.05, 0) is 0 Å². The topological polar surface area (TPSA) is 93.2 Å². The number of nitrogens with zero attached hydrogens (tertiary/aromatic N) is 2. The lowest BCUT2D eigenvalue weighted by atomic mass is 10.3. The smallest absolute Gasteiger partial charge is 0.325 e. The van der Waals surface area contributed by atoms with Crippen LogP contribution in [-0.2, 0) is 23.9 Å². The molecule has 0 saturated carbocycles. The highest BCUT2D eigenvalue weighted by Crippen LogP contribution is 2.17. The Bertz CT molecular complexity index is 410. The Morgan fingerprint density at radius 2 is 1.76 bits per heavy atom. The number of hydrogen-bond donors (Lipinski definition) is 0. The monoisotopic (exact) mass is 318 g/mol. The van der Waals surface area contributed by atoms with Crippen LogP contribution in [0.15, 0.2) is 0 Å². The molecule has 0 radical (unpaired) electrons. The SMILES string of the molecule is COC(=O)CN(CC(=O)OC)C(=O)CCN1CCSC1=O. The average Bonchev–Trinajstić information content (AvgIpc) is 2.88. The molecule has 118 valence electrons. The molecular formula is C12H18N2O6S. The Morgan fingerprint density at radius 3 is 2.19 bits per heavy atom. The molecule has 1 saturated heterocycles. The maximum atomic E-state index is 12.1. The van der Waals surface area contributed by atoms with Gasteiger partial charge in [0, 0.05) is 25.3 Å². The molecule has 21 heavy (non-hydrogen) atoms. The highest BCUT2D eigenvalue weighted by atomic mass is 32.2. The lowest BCUT2D eigenvalue weighted by Crippen LogP contribution is -2.41. The number of thioether (sulfide) groups is 1. The molecule has 0 unspecified atom stereocenters. The molecule has 8 nitrogen and oxygen atoms in total. The van der Waals surface area contributed by atoms with Gasteiger partial charge in [0.15, 0.2) is 0 Å². The van der Waals surface area contributed by atoms with Gasteiger partial charge in [0.05, 0.1) is 14.2 Å². The Morgan fingerprint density at radius 1 is 1.19 bits per heavy atom. The van der Waals surface area contributed by atoms with E-state index in [-0.39, 0.29) is 31.3 Å². The van der Waals surface area contributed by atoms with E-state index in [9.17, 15) is 19.2 Å². The van der Waals surface area contributed by atoms with Crippen LogP contribution in [0.25, 0.3) is 0 Å². The van der Waals surface area contributed by atoms with E-state index in [1.165, 1.54) is 26.0 Å². The highest BCUT2D eigenvalue weighted by Gasteiger charge is 2.25. The van der Waals surface area contributed by atoms with Crippen molar-refractivity contribution in [3.63, 3.8) is 0 Å². The Labute approximate surface area is 126 Å². The van der Waals surface area contributed by atoms with Crippen LogP contribution in [0, 0.1) is 0 Å². The maximum absolute atomic E-state index is 12.1. The first-order valence-corrected chi connectivity index (χ1v) is 7.29. The van der Waals surface area contributed by atoms with E-state index < -0.39 is 17.8 Å². The number of carbonyl (C=O) groups excluding carboxylic acids is 4. The lowest BCUT2D eigenvalue weighted by molar-refractivity contribution is -0.152. The van der Waals surface area contributed by atoms with E-state index in [0.29, 0.717) is 12.3 Å². The predicted molar refractivity (Wildman–Crippen MR) is 74.7 cm³/mol. The van der Waals surface area contributed by atoms with E-state index in [1.807, 2.05) is 0 Å². The second-order valence-corrected chi connectivity index (χ2v) is 5.30. The molecule has 1 aliphatic rings. The molecule has 1 rings (SSSR count). The standard InChI is InChI=1S/C12H18N2O6S/c1-19-10(16)7-14(8-11(17)20-2)9(15)3-4-13-5-6-21-12(13)18/h3-8H2,1-2H3. The molecule has 1 fully saturated rings. The molecule has 9 heteroatoms. The first-order valence-electron chi connectivity index (χ1n) is 6.31. The molecular weight excluding hydrogens is 300 g/mol. The molecule has 0 aromatic carbocycles. The zero-order valence-electron chi connectivity index (χ0n) is 12.0. The fraction of sp³-hybridized carbons (Fsp3) is 0.667. The second-order valence-electron chi connectivity index (χ2n) is 4.25. The van der Waals surface area contributed by atoms with Crippen LogP contribution in [0.1, 0.15) is 6.42 Å². The van der Waals surface area contributed by atoms with Crippen molar-refractivity contribution in [3.8, 4) is 0 Å². The molecule has 0 aromatic rings. The van der Waals surface area contributed by atoms with Crippen molar-refractivity contribution < 1.29 is 28.7 Å². The minimum absolute atomic E-state index is 0.0420. The van der Waals surface area contributed by atoms with Gasteiger partial charge in [-0.1, -0.05) is 11.8 Å². The van der Waals surface area contributed by atoms with Gasteiger partial charge in [-0.15, -0.1) is 0 Å². The number of rotatable bonds is 7. The summed E-state index contributed by atoms with van der Waals surface area (Å²) < 4.78 is 8.98. The maximum Gasteiger partial charge on any atom is 0.325 e. The third kappa shape index (κ3) is 5.62. The molecule has 1 aliphatic heterocycles.